The highest BCUT2D eigenvalue weighted by Gasteiger charge is 2.59. The van der Waals surface area contributed by atoms with E-state index < -0.39 is 262 Å². The van der Waals surface area contributed by atoms with Crippen molar-refractivity contribution in [3.63, 3.8) is 0 Å². The summed E-state index contributed by atoms with van der Waals surface area (Å²) in [6, 6.07) is -3.99. The van der Waals surface area contributed by atoms with Gasteiger partial charge in [0.1, 0.15) is 72.5 Å². The SMILES string of the molecule is CCCCCOc1ccc(S(=O)(=O)NCCCCNCC2C(O)CC3C(C4C[C@H](CC[C@H]4O)[C@H]4NC(=O)[C@@H]5NC(=O)[C@H](CC(N)=O)NC(=O)[C@H](NC(=O)[C@@H](CC(C)C)NC)[C@H](O)[C@H]6CC[C@@H](Oc7cc5cc(c7O[C@@H]5C[C@H](CO)[C@@H](O)[C@H](O)[C@H]5O[C@H]5C[C@](C)(N)[C@H](O)[C@H](C)O5)O[C@@H]5CC[C@@H](CC5Cl)[C@@H](O)[C@H](NC4=O)C(=O)N[C@@H]3C(=O)NC3C4CC5CC(C4)CC3C5)[C@H](Cl)C6)[C@H]2O)cc1. The van der Waals surface area contributed by atoms with E-state index in [9.17, 15) is 64.0 Å². The molecule has 17 rings (SSSR count). The lowest BCUT2D eigenvalue weighted by molar-refractivity contribution is -0.286. The molecule has 2 aromatic carbocycles. The van der Waals surface area contributed by atoms with Gasteiger partial charge in [-0.2, -0.15) is 0 Å². The summed E-state index contributed by atoms with van der Waals surface area (Å²) < 4.78 is 69.6. The second kappa shape index (κ2) is 44.2. The molecule has 2 saturated heterocycles. The van der Waals surface area contributed by atoms with Crippen molar-refractivity contribution in [2.24, 2.45) is 88.4 Å². The quantitative estimate of drug-likeness (QED) is 0.0408. The highest BCUT2D eigenvalue weighted by atomic mass is 35.5. The maximum Gasteiger partial charge on any atom is 0.247 e. The van der Waals surface area contributed by atoms with Gasteiger partial charge in [0.25, 0.3) is 0 Å². The summed E-state index contributed by atoms with van der Waals surface area (Å²) in [6.45, 7) is 9.11. The van der Waals surface area contributed by atoms with Gasteiger partial charge in [-0.1, -0.05) is 33.6 Å². The first-order valence-corrected chi connectivity index (χ1v) is 50.8. The summed E-state index contributed by atoms with van der Waals surface area (Å²) in [4.78, 5) is 125. The minimum absolute atomic E-state index is 0.00262. The smallest absolute Gasteiger partial charge is 0.247 e. The van der Waals surface area contributed by atoms with E-state index in [-0.39, 0.29) is 155 Å². The van der Waals surface area contributed by atoms with Gasteiger partial charge in [0.05, 0.1) is 83.6 Å². The summed E-state index contributed by atoms with van der Waals surface area (Å²) >= 11 is 15.2. The largest absolute Gasteiger partial charge is 0.494 e. The number of carbonyl (C=O) groups excluding carboxylic acids is 8. The molecule has 9 aliphatic carbocycles. The van der Waals surface area contributed by atoms with E-state index in [1.165, 1.54) is 31.3 Å². The first-order chi connectivity index (χ1) is 63.3. The number of hydrogen-bond acceptors (Lipinski definition) is 28. The summed E-state index contributed by atoms with van der Waals surface area (Å²) in [5.74, 6) is -16.2. The molecule has 2 aromatic rings. The molecule has 133 heavy (non-hydrogen) atoms. The van der Waals surface area contributed by atoms with Crippen LogP contribution in [0.25, 0.3) is 0 Å². The van der Waals surface area contributed by atoms with Crippen LogP contribution in [0.4, 0.5) is 0 Å². The van der Waals surface area contributed by atoms with E-state index in [1.54, 1.807) is 26.0 Å². The monoisotopic (exact) mass is 1930 g/mol. The molecular weight excluding hydrogens is 1790 g/mol. The lowest BCUT2D eigenvalue weighted by Crippen LogP contribution is -2.68. The third-order valence-electron chi connectivity index (χ3n) is 31.1. The molecule has 0 spiro atoms. The number of likely N-dealkylation sites (N-methyl/N-ethyl adjacent to an activating group) is 1. The van der Waals surface area contributed by atoms with Crippen LogP contribution >= 0.6 is 23.2 Å². The maximum atomic E-state index is 16.8. The fourth-order valence-electron chi connectivity index (χ4n) is 24.1. The average molecular weight is 1930 g/mol. The van der Waals surface area contributed by atoms with Gasteiger partial charge in [0, 0.05) is 49.5 Å². The number of aliphatic hydroxyl groups is 9. The summed E-state index contributed by atoms with van der Waals surface area (Å²) in [7, 11) is -2.38. The van der Waals surface area contributed by atoms with Crippen molar-refractivity contribution in [3.05, 3.63) is 42.0 Å². The number of sulfonamides is 1. The van der Waals surface area contributed by atoms with E-state index in [1.807, 2.05) is 13.8 Å². The van der Waals surface area contributed by atoms with Crippen molar-refractivity contribution in [1.29, 1.82) is 0 Å². The van der Waals surface area contributed by atoms with Crippen LogP contribution in [0.2, 0.25) is 0 Å². The zero-order valence-electron chi connectivity index (χ0n) is 76.7. The van der Waals surface area contributed by atoms with E-state index in [2.05, 4.69) is 59.5 Å². The van der Waals surface area contributed by atoms with Crippen molar-refractivity contribution in [3.8, 4) is 23.0 Å². The fourth-order valence-corrected chi connectivity index (χ4v) is 26.0. The van der Waals surface area contributed by atoms with Crippen molar-refractivity contribution in [2.45, 2.75) is 344 Å². The molecule has 6 unspecified atom stereocenters. The number of hydrogen-bond donors (Lipinski definition) is 21. The van der Waals surface area contributed by atoms with E-state index in [0.29, 0.717) is 37.0 Å². The molecule has 40 heteroatoms. The zero-order valence-corrected chi connectivity index (χ0v) is 79.0. The summed E-state index contributed by atoms with van der Waals surface area (Å²) in [5.41, 5.74) is 11.0. The second-order valence-electron chi connectivity index (χ2n) is 41.1. The number of fused-ring (bicyclic) bond motifs is 15. The molecule has 32 atom stereocenters. The van der Waals surface area contributed by atoms with Crippen LogP contribution < -0.4 is 83.0 Å². The Morgan fingerprint density at radius 3 is 1.91 bits per heavy atom. The van der Waals surface area contributed by atoms with Crippen LogP contribution in [0.5, 0.6) is 23.0 Å². The summed E-state index contributed by atoms with van der Waals surface area (Å²) in [5, 5.41) is 135. The molecule has 744 valence electrons. The number of alkyl halides is 2. The number of nitrogens with one attached hydrogen (secondary N) is 10. The van der Waals surface area contributed by atoms with Gasteiger partial charge in [-0.15, -0.1) is 23.2 Å². The van der Waals surface area contributed by atoms with E-state index >= 15 is 28.8 Å². The molecule has 11 fully saturated rings. The molecule has 15 bridgehead atoms. The third kappa shape index (κ3) is 23.6. The van der Waals surface area contributed by atoms with Crippen LogP contribution in [0.15, 0.2) is 41.3 Å². The molecule has 23 N–H and O–H groups in total. The number of ether oxygens (including phenoxy) is 6. The van der Waals surface area contributed by atoms with E-state index in [0.717, 1.165) is 51.4 Å². The van der Waals surface area contributed by atoms with Gasteiger partial charge < -0.3 is 134 Å². The Kier molecular flexibility index (Phi) is 34.0. The number of amides is 8. The molecule has 37 nitrogen and oxygen atoms in total. The van der Waals surface area contributed by atoms with Crippen molar-refractivity contribution in [2.75, 3.05) is 39.9 Å². The lowest BCUT2D eigenvalue weighted by atomic mass is 9.54. The molecule has 0 radical (unpaired) electrons. The Labute approximate surface area is 787 Å². The first kappa shape index (κ1) is 102. The Hall–Kier alpha value is -6.67. The van der Waals surface area contributed by atoms with Crippen LogP contribution in [0.3, 0.4) is 0 Å². The van der Waals surface area contributed by atoms with Gasteiger partial charge in [0.15, 0.2) is 17.8 Å². The van der Waals surface area contributed by atoms with Crippen molar-refractivity contribution >= 4 is 80.5 Å². The average Bonchev–Trinajstić information content (AvgIpc) is 0.749. The van der Waals surface area contributed by atoms with Crippen LogP contribution in [-0.2, 0) is 57.9 Å². The first-order valence-electron chi connectivity index (χ1n) is 48.4. The number of primary amides is 1. The van der Waals surface area contributed by atoms with Gasteiger partial charge in [0.2, 0.25) is 63.0 Å². The maximum absolute atomic E-state index is 16.8. The Balaban J connectivity index is 0.858. The molecule has 8 amide bonds. The fraction of sp³-hybridized carbons (Fsp3) is 0.785. The Morgan fingerprint density at radius 2 is 1.29 bits per heavy atom. The molecular formula is C93H142Cl2N12O25S. The van der Waals surface area contributed by atoms with Crippen molar-refractivity contribution < 1.29 is 121 Å². The van der Waals surface area contributed by atoms with Crippen LogP contribution in [0, 0.1) is 76.9 Å². The van der Waals surface area contributed by atoms with E-state index in [4.69, 9.17) is 63.1 Å². The highest BCUT2D eigenvalue weighted by Crippen LogP contribution is 2.55. The van der Waals surface area contributed by atoms with Crippen molar-refractivity contribution in [1.82, 2.24) is 52.6 Å². The number of nitrogens with two attached hydrogens (primary N) is 2. The number of rotatable bonds is 28. The summed E-state index contributed by atoms with van der Waals surface area (Å²) in [6.07, 6.45) is -13.8. The normalized spacial score (nSPS) is 40.1. The number of unbranched alkanes of at least 4 members (excludes halogenated alkanes) is 3. The third-order valence-corrected chi connectivity index (χ3v) is 33.5. The lowest BCUT2D eigenvalue weighted by Gasteiger charge is -2.55. The van der Waals surface area contributed by atoms with Gasteiger partial charge in [-0.3, -0.25) is 38.4 Å². The number of aliphatic hydroxyl groups excluding tert-OH is 9. The van der Waals surface area contributed by atoms with Gasteiger partial charge in [-0.25, -0.2) is 13.1 Å². The standard InChI is InChI=1S/C93H142Cl2N12O25S/c1-7-8-11-24-127-53-15-17-54(18-16-53)133(125,126)100-23-10-9-22-99-40-57-63(110)37-56-71(81(57)115)55-31-46(12-19-62(55)109)73-88(120)107-77(92(124)105-75(56)90(122)102-72-49-27-44-26-45(29-49)30-50(72)28-44)79(113)48-14-21-65(59(95)33-48)130-67-35-51-34-66(83(67)131-68-36-52(41-108)80(114)82(116)84(68)132-70-39-93(5,97)85(117)43(4)128-70)129-64-20-13-47(32-58(64)94)78(112)76(106-86(118)60(98-6)25-42(2)3)91(123)101-61(38-69(96)111)87(119)103-74(51)89(121)104-73/h15-18,34-35,42-50,52,55-65,68,70-82,84-85,98-100,108-110,112-117H,7-14,19-33,36-41,97H2,1-6H3,(H2,96,111)(H,101,123)(H,102,122)(H,103,119)(H,104,121)(H,105,124)(H,106,118)(H,107,120)/t43-,44?,45?,46-,47-,48-,49?,50?,52+,55?,56?,57?,58+,59?,60+,61-,62+,63?,64+,65+,68+,70-,71?,72?,73+,74+,75-,76+,77-,78+,79+,80+,81-,82-,84-,85+,93-/m0/s1. The number of halogens is 2. The topological polar surface area (TPSA) is 580 Å². The predicted molar refractivity (Wildman–Crippen MR) is 484 cm³/mol. The van der Waals surface area contributed by atoms with Crippen LogP contribution in [-0.4, -0.2) is 286 Å². The molecule has 9 saturated carbocycles. The molecule has 6 heterocycles. The molecule has 15 aliphatic rings. The number of carbonyl (C=O) groups is 8. The minimum atomic E-state index is -3.91. The predicted octanol–water partition coefficient (Wildman–Crippen LogP) is 0.539. The second-order valence-corrected chi connectivity index (χ2v) is 43.9. The van der Waals surface area contributed by atoms with Gasteiger partial charge in [-0.05, 0) is 263 Å². The molecule has 6 aliphatic heterocycles. The zero-order chi connectivity index (χ0) is 95.5. The van der Waals surface area contributed by atoms with Crippen LogP contribution in [0.1, 0.15) is 200 Å². The number of benzene rings is 2. The minimum Gasteiger partial charge on any atom is -0.494 e. The Bertz CT molecular complexity index is 4470. The Morgan fingerprint density at radius 1 is 0.662 bits per heavy atom. The molecule has 0 aromatic heterocycles. The highest BCUT2D eigenvalue weighted by molar-refractivity contribution is 7.89. The van der Waals surface area contributed by atoms with Gasteiger partial charge >= 0.3 is 0 Å².